The van der Waals surface area contributed by atoms with Gasteiger partial charge in [0.15, 0.2) is 5.58 Å². The Balaban J connectivity index is 1.89. The van der Waals surface area contributed by atoms with Gasteiger partial charge in [0, 0.05) is 45.7 Å². The van der Waals surface area contributed by atoms with Crippen LogP contribution < -0.4 is 0 Å². The van der Waals surface area contributed by atoms with Crippen LogP contribution in [0.3, 0.4) is 0 Å². The van der Waals surface area contributed by atoms with Crippen molar-refractivity contribution >= 4 is 11.0 Å². The molecule has 0 unspecified atom stereocenters. The van der Waals surface area contributed by atoms with Crippen molar-refractivity contribution in [1.82, 2.24) is 10.1 Å². The number of nitrogens with zero attached hydrogens (tertiary/aromatic N) is 2. The lowest BCUT2D eigenvalue weighted by atomic mass is 10.0. The number of rotatable bonds is 10. The molecule has 0 aliphatic heterocycles. The third kappa shape index (κ3) is 4.67. The first-order chi connectivity index (χ1) is 13.6. The predicted octanol–water partition coefficient (Wildman–Crippen LogP) is 3.36. The maximum Gasteiger partial charge on any atom is 0.175 e. The topological polar surface area (TPSA) is 68.0 Å². The van der Waals surface area contributed by atoms with Gasteiger partial charge in [-0.2, -0.15) is 0 Å². The zero-order valence-corrected chi connectivity index (χ0v) is 16.2. The molecule has 0 fully saturated rings. The second kappa shape index (κ2) is 9.64. The van der Waals surface area contributed by atoms with E-state index >= 15 is 0 Å². The minimum Gasteiger partial charge on any atom is -0.507 e. The number of phenols is 1. The molecule has 1 N–H and O–H groups in total. The molecule has 0 bridgehead atoms. The van der Waals surface area contributed by atoms with Crippen LogP contribution in [-0.2, 0) is 22.4 Å². The van der Waals surface area contributed by atoms with Crippen molar-refractivity contribution in [2.75, 3.05) is 40.5 Å². The van der Waals surface area contributed by atoms with Crippen molar-refractivity contribution in [1.29, 1.82) is 0 Å². The Labute approximate surface area is 163 Å². The predicted molar refractivity (Wildman–Crippen MR) is 104 cm³/mol. The maximum absolute atomic E-state index is 14.0. The van der Waals surface area contributed by atoms with Gasteiger partial charge in [-0.05, 0) is 23.8 Å². The number of phenolic OH excluding ortho intramolecular Hbond substituents is 1. The molecule has 1 heterocycles. The summed E-state index contributed by atoms with van der Waals surface area (Å²) in [7, 11) is 3.30. The highest BCUT2D eigenvalue weighted by molar-refractivity contribution is 5.84. The highest BCUT2D eigenvalue weighted by Gasteiger charge is 2.19. The molecule has 150 valence electrons. The Kier molecular flexibility index (Phi) is 6.97. The van der Waals surface area contributed by atoms with Crippen LogP contribution in [0, 0.1) is 5.82 Å². The van der Waals surface area contributed by atoms with E-state index in [1.165, 1.54) is 6.07 Å². The van der Waals surface area contributed by atoms with E-state index in [1.807, 2.05) is 0 Å². The molecule has 3 rings (SSSR count). The molecule has 2 aromatic carbocycles. The monoisotopic (exact) mass is 388 g/mol. The summed E-state index contributed by atoms with van der Waals surface area (Å²) in [6, 6.07) is 10.00. The van der Waals surface area contributed by atoms with Gasteiger partial charge in [-0.1, -0.05) is 23.4 Å². The number of aromatic nitrogens is 1. The van der Waals surface area contributed by atoms with Gasteiger partial charge < -0.3 is 19.1 Å². The Morgan fingerprint density at radius 2 is 1.79 bits per heavy atom. The number of ether oxygens (including phenoxy) is 2. The van der Waals surface area contributed by atoms with Crippen LogP contribution in [0.2, 0.25) is 0 Å². The molecule has 0 spiro atoms. The summed E-state index contributed by atoms with van der Waals surface area (Å²) < 4.78 is 29.9. The first kappa shape index (κ1) is 20.3. The van der Waals surface area contributed by atoms with Gasteiger partial charge in [0.2, 0.25) is 0 Å². The Morgan fingerprint density at radius 1 is 1.07 bits per heavy atom. The summed E-state index contributed by atoms with van der Waals surface area (Å²) in [5.41, 5.74) is 2.36. The second-order valence-electron chi connectivity index (χ2n) is 6.60. The first-order valence-electron chi connectivity index (χ1n) is 9.16. The van der Waals surface area contributed by atoms with E-state index in [0.29, 0.717) is 61.7 Å². The number of fused-ring (bicyclic) bond motifs is 1. The van der Waals surface area contributed by atoms with Gasteiger partial charge in [-0.15, -0.1) is 0 Å². The number of halogens is 1. The van der Waals surface area contributed by atoms with E-state index in [-0.39, 0.29) is 11.6 Å². The van der Waals surface area contributed by atoms with Crippen molar-refractivity contribution in [3.05, 3.63) is 59.0 Å². The van der Waals surface area contributed by atoms with Gasteiger partial charge in [0.05, 0.1) is 24.5 Å². The van der Waals surface area contributed by atoms with Crippen LogP contribution in [0.1, 0.15) is 16.8 Å². The van der Waals surface area contributed by atoms with Crippen molar-refractivity contribution in [2.24, 2.45) is 0 Å². The number of benzene rings is 2. The summed E-state index contributed by atoms with van der Waals surface area (Å²) >= 11 is 0. The lowest BCUT2D eigenvalue weighted by Crippen LogP contribution is -2.30. The third-order valence-electron chi connectivity index (χ3n) is 4.71. The second-order valence-corrected chi connectivity index (χ2v) is 6.60. The van der Waals surface area contributed by atoms with Crippen LogP contribution in [0.15, 0.2) is 40.9 Å². The van der Waals surface area contributed by atoms with Crippen molar-refractivity contribution < 1.29 is 23.5 Å². The highest BCUT2D eigenvalue weighted by Crippen LogP contribution is 2.31. The van der Waals surface area contributed by atoms with Crippen molar-refractivity contribution in [3.63, 3.8) is 0 Å². The third-order valence-corrected chi connectivity index (χ3v) is 4.71. The molecule has 6 nitrogen and oxygen atoms in total. The van der Waals surface area contributed by atoms with Gasteiger partial charge in [0.1, 0.15) is 11.6 Å². The summed E-state index contributed by atoms with van der Waals surface area (Å²) in [4.78, 5) is 2.11. The number of hydrogen-bond acceptors (Lipinski definition) is 6. The Hall–Kier alpha value is -2.48. The average molecular weight is 388 g/mol. The number of hydrogen-bond donors (Lipinski definition) is 1. The maximum atomic E-state index is 14.0. The number of aromatic hydroxyl groups is 1. The standard InChI is InChI=1S/C21H25FN2O4/c1-26-11-9-24(10-12-27-2)14-17-20(25)8-7-16-19(23-28-21(16)17)13-15-5-3-4-6-18(15)22/h3-8,25H,9-14H2,1-2H3. The van der Waals surface area contributed by atoms with Gasteiger partial charge in [-0.25, -0.2) is 4.39 Å². The van der Waals surface area contributed by atoms with Gasteiger partial charge in [0.25, 0.3) is 0 Å². The van der Waals surface area contributed by atoms with Crippen LogP contribution in [0.25, 0.3) is 11.0 Å². The minimum atomic E-state index is -0.275. The van der Waals surface area contributed by atoms with E-state index in [1.54, 1.807) is 44.6 Å². The fourth-order valence-corrected chi connectivity index (χ4v) is 3.14. The zero-order chi connectivity index (χ0) is 19.9. The molecule has 0 amide bonds. The largest absolute Gasteiger partial charge is 0.507 e. The summed E-state index contributed by atoms with van der Waals surface area (Å²) in [5.74, 6) is -0.135. The molecule has 0 saturated carbocycles. The molecule has 0 atom stereocenters. The molecule has 0 radical (unpaired) electrons. The minimum absolute atomic E-state index is 0.140. The molecule has 0 saturated heterocycles. The van der Waals surface area contributed by atoms with Crippen LogP contribution in [0.4, 0.5) is 4.39 Å². The smallest absolute Gasteiger partial charge is 0.175 e. The van der Waals surface area contributed by atoms with E-state index in [9.17, 15) is 9.50 Å². The SMILES string of the molecule is COCCN(CCOC)Cc1c(O)ccc2c(Cc3ccccc3F)noc12. The lowest BCUT2D eigenvalue weighted by molar-refractivity contribution is 0.110. The van der Waals surface area contributed by atoms with E-state index < -0.39 is 0 Å². The average Bonchev–Trinajstić information content (AvgIpc) is 3.10. The molecule has 3 aromatic rings. The summed E-state index contributed by atoms with van der Waals surface area (Å²) in [6.07, 6.45) is 0.320. The Morgan fingerprint density at radius 3 is 2.46 bits per heavy atom. The summed E-state index contributed by atoms with van der Waals surface area (Å²) in [5, 5.41) is 15.3. The highest BCUT2D eigenvalue weighted by atomic mass is 19.1. The van der Waals surface area contributed by atoms with Crippen molar-refractivity contribution in [3.8, 4) is 5.75 Å². The normalized spacial score (nSPS) is 11.6. The molecule has 0 aliphatic rings. The molecule has 28 heavy (non-hydrogen) atoms. The molecular formula is C21H25FN2O4. The molecule has 0 aliphatic carbocycles. The van der Waals surface area contributed by atoms with Crippen LogP contribution in [0.5, 0.6) is 5.75 Å². The molecular weight excluding hydrogens is 363 g/mol. The van der Waals surface area contributed by atoms with Gasteiger partial charge in [-0.3, -0.25) is 4.90 Å². The van der Waals surface area contributed by atoms with Crippen LogP contribution in [-0.4, -0.2) is 55.7 Å². The summed E-state index contributed by atoms with van der Waals surface area (Å²) in [6.45, 7) is 2.97. The quantitative estimate of drug-likeness (QED) is 0.574. The molecule has 7 heteroatoms. The zero-order valence-electron chi connectivity index (χ0n) is 16.2. The molecule has 1 aromatic heterocycles. The van der Waals surface area contributed by atoms with E-state index in [0.717, 1.165) is 5.39 Å². The fourth-order valence-electron chi connectivity index (χ4n) is 3.14. The lowest BCUT2D eigenvalue weighted by Gasteiger charge is -2.22. The van der Waals surface area contributed by atoms with E-state index in [4.69, 9.17) is 14.0 Å². The fraction of sp³-hybridized carbons (Fsp3) is 0.381. The Bertz CT molecular complexity index is 905. The van der Waals surface area contributed by atoms with E-state index in [2.05, 4.69) is 10.1 Å². The number of methoxy groups -OCH3 is 2. The first-order valence-corrected chi connectivity index (χ1v) is 9.16. The van der Waals surface area contributed by atoms with Crippen molar-refractivity contribution in [2.45, 2.75) is 13.0 Å². The van der Waals surface area contributed by atoms with Gasteiger partial charge >= 0.3 is 0 Å². The van der Waals surface area contributed by atoms with Crippen LogP contribution >= 0.6 is 0 Å².